The molecule has 3 rings (SSSR count). The molecule has 0 saturated carbocycles. The number of thiazole rings is 1. The molecule has 0 radical (unpaired) electrons. The second-order valence-electron chi connectivity index (χ2n) is 6.04. The van der Waals surface area contributed by atoms with Crippen LogP contribution in [-0.4, -0.2) is 34.0 Å². The minimum Gasteiger partial charge on any atom is -0.387 e. The highest BCUT2D eigenvalue weighted by Crippen LogP contribution is 2.33. The summed E-state index contributed by atoms with van der Waals surface area (Å²) in [7, 11) is 0. The Morgan fingerprint density at radius 3 is 2.83 bits per heavy atom. The van der Waals surface area contributed by atoms with E-state index < -0.39 is 0 Å². The quantitative estimate of drug-likeness (QED) is 0.899. The highest BCUT2D eigenvalue weighted by atomic mass is 32.1. The lowest BCUT2D eigenvalue weighted by atomic mass is 9.90. The van der Waals surface area contributed by atoms with E-state index in [1.807, 2.05) is 34.8 Å². The van der Waals surface area contributed by atoms with Gasteiger partial charge in [-0.1, -0.05) is 6.07 Å². The zero-order valence-corrected chi connectivity index (χ0v) is 14.9. The fourth-order valence-electron chi connectivity index (χ4n) is 3.10. The SMILES string of the molecule is Cc1ncsc1CCC(=O)N1CCC(C(O)c2cccs2)CC1. The molecular weight excluding hydrogens is 328 g/mol. The first-order valence-corrected chi connectivity index (χ1v) is 9.79. The number of carbonyl (C=O) groups excluding carboxylic acids is 1. The molecule has 6 heteroatoms. The Kier molecular flexibility index (Phi) is 5.46. The summed E-state index contributed by atoms with van der Waals surface area (Å²) in [6, 6.07) is 3.97. The maximum Gasteiger partial charge on any atom is 0.222 e. The van der Waals surface area contributed by atoms with Crippen LogP contribution in [0.2, 0.25) is 0 Å². The van der Waals surface area contributed by atoms with Crippen molar-refractivity contribution in [1.29, 1.82) is 0 Å². The highest BCUT2D eigenvalue weighted by molar-refractivity contribution is 7.10. The molecule has 1 unspecified atom stereocenters. The largest absolute Gasteiger partial charge is 0.387 e. The normalized spacial score (nSPS) is 17.4. The van der Waals surface area contributed by atoms with E-state index in [9.17, 15) is 9.90 Å². The Morgan fingerprint density at radius 1 is 1.43 bits per heavy atom. The molecule has 1 aliphatic rings. The second-order valence-corrected chi connectivity index (χ2v) is 7.96. The molecule has 1 amide bonds. The monoisotopic (exact) mass is 350 g/mol. The van der Waals surface area contributed by atoms with Crippen LogP contribution < -0.4 is 0 Å². The average Bonchev–Trinajstić information content (AvgIpc) is 3.24. The molecule has 23 heavy (non-hydrogen) atoms. The number of aromatic nitrogens is 1. The Bertz CT molecular complexity index is 631. The van der Waals surface area contributed by atoms with Crippen molar-refractivity contribution < 1.29 is 9.90 Å². The Hall–Kier alpha value is -1.24. The molecule has 2 aromatic heterocycles. The lowest BCUT2D eigenvalue weighted by molar-refractivity contribution is -0.133. The topological polar surface area (TPSA) is 53.4 Å². The number of amides is 1. The average molecular weight is 351 g/mol. The van der Waals surface area contributed by atoms with Crippen LogP contribution in [-0.2, 0) is 11.2 Å². The third kappa shape index (κ3) is 4.00. The molecule has 0 spiro atoms. The van der Waals surface area contributed by atoms with Crippen LogP contribution in [0.4, 0.5) is 0 Å². The van der Waals surface area contributed by atoms with Crippen molar-refractivity contribution in [2.75, 3.05) is 13.1 Å². The summed E-state index contributed by atoms with van der Waals surface area (Å²) >= 11 is 3.23. The third-order valence-corrected chi connectivity index (χ3v) is 6.52. The summed E-state index contributed by atoms with van der Waals surface area (Å²) in [5.41, 5.74) is 2.88. The zero-order valence-electron chi connectivity index (χ0n) is 13.3. The standard InChI is InChI=1S/C17H22N2O2S2/c1-12-14(23-11-18-12)4-5-16(20)19-8-6-13(7-9-19)17(21)15-3-2-10-22-15/h2-3,10-11,13,17,21H,4-9H2,1H3. The lowest BCUT2D eigenvalue weighted by Crippen LogP contribution is -2.39. The first-order chi connectivity index (χ1) is 11.1. The summed E-state index contributed by atoms with van der Waals surface area (Å²) in [5, 5.41) is 12.4. The van der Waals surface area contributed by atoms with Crippen molar-refractivity contribution in [3.63, 3.8) is 0 Å². The number of nitrogens with zero attached hydrogens (tertiary/aromatic N) is 2. The number of aryl methyl sites for hydroxylation is 2. The number of thiophene rings is 1. The number of likely N-dealkylation sites (tertiary alicyclic amines) is 1. The number of aliphatic hydroxyl groups excluding tert-OH is 1. The van der Waals surface area contributed by atoms with E-state index in [0.29, 0.717) is 6.42 Å². The van der Waals surface area contributed by atoms with Gasteiger partial charge in [-0.25, -0.2) is 4.98 Å². The van der Waals surface area contributed by atoms with Gasteiger partial charge in [-0.05, 0) is 43.6 Å². The molecular formula is C17H22N2O2S2. The number of hydrogen-bond acceptors (Lipinski definition) is 5. The lowest BCUT2D eigenvalue weighted by Gasteiger charge is -2.34. The highest BCUT2D eigenvalue weighted by Gasteiger charge is 2.28. The van der Waals surface area contributed by atoms with Gasteiger partial charge < -0.3 is 10.0 Å². The summed E-state index contributed by atoms with van der Waals surface area (Å²) in [5.74, 6) is 0.489. The van der Waals surface area contributed by atoms with E-state index in [0.717, 1.165) is 42.9 Å². The van der Waals surface area contributed by atoms with E-state index in [1.165, 1.54) is 4.88 Å². The predicted octanol–water partition coefficient (Wildman–Crippen LogP) is 3.42. The summed E-state index contributed by atoms with van der Waals surface area (Å²) in [6.45, 7) is 3.51. The van der Waals surface area contributed by atoms with Gasteiger partial charge in [-0.15, -0.1) is 22.7 Å². The van der Waals surface area contributed by atoms with E-state index >= 15 is 0 Å². The molecule has 1 aliphatic heterocycles. The van der Waals surface area contributed by atoms with E-state index in [1.54, 1.807) is 22.7 Å². The van der Waals surface area contributed by atoms with Gasteiger partial charge in [-0.2, -0.15) is 0 Å². The van der Waals surface area contributed by atoms with Gasteiger partial charge in [0.05, 0.1) is 17.3 Å². The van der Waals surface area contributed by atoms with Gasteiger partial charge in [0.25, 0.3) is 0 Å². The van der Waals surface area contributed by atoms with Crippen molar-refractivity contribution in [2.24, 2.45) is 5.92 Å². The number of aliphatic hydroxyl groups is 1. The Labute approximate surface area is 144 Å². The van der Waals surface area contributed by atoms with Crippen LogP contribution in [0.3, 0.4) is 0 Å². The maximum absolute atomic E-state index is 12.4. The Balaban J connectivity index is 1.47. The molecule has 1 fully saturated rings. The van der Waals surface area contributed by atoms with E-state index in [4.69, 9.17) is 0 Å². The fourth-order valence-corrected chi connectivity index (χ4v) is 4.69. The molecule has 1 saturated heterocycles. The molecule has 1 N–H and O–H groups in total. The van der Waals surface area contributed by atoms with Gasteiger partial charge in [0, 0.05) is 29.3 Å². The number of hydrogen-bond donors (Lipinski definition) is 1. The van der Waals surface area contributed by atoms with Crippen molar-refractivity contribution in [3.8, 4) is 0 Å². The predicted molar refractivity (Wildman–Crippen MR) is 93.8 cm³/mol. The number of rotatable bonds is 5. The summed E-state index contributed by atoms with van der Waals surface area (Å²) in [4.78, 5) is 20.8. The first kappa shape index (κ1) is 16.6. The minimum absolute atomic E-state index is 0.224. The Morgan fingerprint density at radius 2 is 2.22 bits per heavy atom. The molecule has 124 valence electrons. The molecule has 3 heterocycles. The number of carbonyl (C=O) groups is 1. The van der Waals surface area contributed by atoms with Gasteiger partial charge >= 0.3 is 0 Å². The molecule has 4 nitrogen and oxygen atoms in total. The van der Waals surface area contributed by atoms with Crippen LogP contribution in [0.5, 0.6) is 0 Å². The number of piperidine rings is 1. The second kappa shape index (κ2) is 7.55. The van der Waals surface area contributed by atoms with Crippen LogP contribution in [0, 0.1) is 12.8 Å². The van der Waals surface area contributed by atoms with E-state index in [2.05, 4.69) is 4.98 Å². The van der Waals surface area contributed by atoms with Gasteiger partial charge in [0.1, 0.15) is 0 Å². The molecule has 0 aliphatic carbocycles. The molecule has 2 aromatic rings. The van der Waals surface area contributed by atoms with Crippen molar-refractivity contribution in [1.82, 2.24) is 9.88 Å². The van der Waals surface area contributed by atoms with Crippen molar-refractivity contribution >= 4 is 28.6 Å². The van der Waals surface area contributed by atoms with Crippen LogP contribution in [0.1, 0.15) is 40.8 Å². The maximum atomic E-state index is 12.4. The van der Waals surface area contributed by atoms with Crippen molar-refractivity contribution in [3.05, 3.63) is 38.5 Å². The van der Waals surface area contributed by atoms with E-state index in [-0.39, 0.29) is 17.9 Å². The van der Waals surface area contributed by atoms with Crippen molar-refractivity contribution in [2.45, 2.75) is 38.7 Å². The van der Waals surface area contributed by atoms with Gasteiger partial charge in [-0.3, -0.25) is 4.79 Å². The van der Waals surface area contributed by atoms with Crippen LogP contribution >= 0.6 is 22.7 Å². The van der Waals surface area contributed by atoms with Crippen LogP contribution in [0.15, 0.2) is 23.0 Å². The molecule has 0 bridgehead atoms. The van der Waals surface area contributed by atoms with Gasteiger partial charge in [0.15, 0.2) is 0 Å². The fraction of sp³-hybridized carbons (Fsp3) is 0.529. The smallest absolute Gasteiger partial charge is 0.222 e. The zero-order chi connectivity index (χ0) is 16.2. The summed E-state index contributed by atoms with van der Waals surface area (Å²) < 4.78 is 0. The third-order valence-electron chi connectivity index (χ3n) is 4.58. The molecule has 0 aromatic carbocycles. The minimum atomic E-state index is -0.382. The summed E-state index contributed by atoms with van der Waals surface area (Å²) in [6.07, 6.45) is 2.72. The molecule has 1 atom stereocenters. The first-order valence-electron chi connectivity index (χ1n) is 8.03. The van der Waals surface area contributed by atoms with Gasteiger partial charge in [0.2, 0.25) is 5.91 Å². The van der Waals surface area contributed by atoms with Crippen LogP contribution in [0.25, 0.3) is 0 Å².